The van der Waals surface area contributed by atoms with Gasteiger partial charge in [-0.15, -0.1) is 0 Å². The number of carbonyl (C=O) groups excluding carboxylic acids is 2. The molecule has 0 atom stereocenters. The monoisotopic (exact) mass is 365 g/mol. The summed E-state index contributed by atoms with van der Waals surface area (Å²) in [6.07, 6.45) is 2.21. The molecule has 0 aliphatic carbocycles. The van der Waals surface area contributed by atoms with Crippen LogP contribution >= 0.6 is 11.6 Å². The molecule has 0 saturated carbocycles. The van der Waals surface area contributed by atoms with Crippen molar-refractivity contribution in [2.45, 2.75) is 12.8 Å². The Labute approximate surface area is 153 Å². The highest BCUT2D eigenvalue weighted by Crippen LogP contribution is 2.24. The number of carbonyl (C=O) groups is 2. The molecule has 2 aliphatic rings. The quantitative estimate of drug-likeness (QED) is 0.815. The molecule has 0 bridgehead atoms. The average Bonchev–Trinajstić information content (AvgIpc) is 3.16. The second kappa shape index (κ2) is 8.06. The Kier molecular flexibility index (Phi) is 5.81. The minimum absolute atomic E-state index is 0.0788. The lowest BCUT2D eigenvalue weighted by Gasteiger charge is -2.35. The van der Waals surface area contributed by atoms with Crippen LogP contribution in [0.4, 0.5) is 0 Å². The van der Waals surface area contributed by atoms with Crippen molar-refractivity contribution in [2.75, 3.05) is 52.9 Å². The largest absolute Gasteiger partial charge is 0.496 e. The van der Waals surface area contributed by atoms with E-state index >= 15 is 0 Å². The molecule has 2 heterocycles. The Morgan fingerprint density at radius 2 is 1.72 bits per heavy atom. The van der Waals surface area contributed by atoms with Gasteiger partial charge in [-0.3, -0.25) is 14.5 Å². The number of halogens is 1. The van der Waals surface area contributed by atoms with Crippen LogP contribution in [-0.4, -0.2) is 79.4 Å². The van der Waals surface area contributed by atoms with Gasteiger partial charge in [-0.25, -0.2) is 0 Å². The van der Waals surface area contributed by atoms with Crippen molar-refractivity contribution in [1.82, 2.24) is 14.7 Å². The summed E-state index contributed by atoms with van der Waals surface area (Å²) in [6, 6.07) is 5.06. The van der Waals surface area contributed by atoms with Gasteiger partial charge in [0.2, 0.25) is 5.91 Å². The third-order valence-corrected chi connectivity index (χ3v) is 5.10. The predicted octanol–water partition coefficient (Wildman–Crippen LogP) is 1.73. The van der Waals surface area contributed by atoms with Gasteiger partial charge in [0.15, 0.2) is 0 Å². The van der Waals surface area contributed by atoms with E-state index in [2.05, 4.69) is 4.90 Å². The van der Waals surface area contributed by atoms with E-state index in [1.807, 2.05) is 4.90 Å². The number of amides is 2. The molecule has 1 aromatic rings. The third kappa shape index (κ3) is 4.25. The number of likely N-dealkylation sites (tertiary alicyclic amines) is 1. The SMILES string of the molecule is COc1ccc(Cl)cc1C(=O)N1CCN(CC(=O)N2CCCC2)CC1. The number of rotatable bonds is 4. The van der Waals surface area contributed by atoms with Gasteiger partial charge < -0.3 is 14.5 Å². The maximum absolute atomic E-state index is 12.8. The van der Waals surface area contributed by atoms with Crippen molar-refractivity contribution in [3.05, 3.63) is 28.8 Å². The van der Waals surface area contributed by atoms with E-state index in [1.54, 1.807) is 30.2 Å². The molecule has 2 amide bonds. The van der Waals surface area contributed by atoms with Gasteiger partial charge in [-0.2, -0.15) is 0 Å². The summed E-state index contributed by atoms with van der Waals surface area (Å²) in [7, 11) is 1.54. The molecule has 0 unspecified atom stereocenters. The number of nitrogens with zero attached hydrogens (tertiary/aromatic N) is 3. The minimum Gasteiger partial charge on any atom is -0.496 e. The second-order valence-corrected chi connectivity index (χ2v) is 6.94. The Balaban J connectivity index is 1.56. The van der Waals surface area contributed by atoms with Crippen LogP contribution in [0.2, 0.25) is 5.02 Å². The molecule has 0 aromatic heterocycles. The lowest BCUT2D eigenvalue weighted by molar-refractivity contribution is -0.131. The zero-order valence-electron chi connectivity index (χ0n) is 14.5. The van der Waals surface area contributed by atoms with Gasteiger partial charge >= 0.3 is 0 Å². The first-order valence-corrected chi connectivity index (χ1v) is 9.09. The molecule has 3 rings (SSSR count). The molecule has 0 spiro atoms. The summed E-state index contributed by atoms with van der Waals surface area (Å²) in [6.45, 7) is 4.81. The van der Waals surface area contributed by atoms with Crippen LogP contribution < -0.4 is 4.74 Å². The van der Waals surface area contributed by atoms with Gasteiger partial charge in [-0.1, -0.05) is 11.6 Å². The van der Waals surface area contributed by atoms with Gasteiger partial charge in [0, 0.05) is 44.3 Å². The van der Waals surface area contributed by atoms with Crippen molar-refractivity contribution in [1.29, 1.82) is 0 Å². The minimum atomic E-state index is -0.0788. The molecular weight excluding hydrogens is 342 g/mol. The first-order chi connectivity index (χ1) is 12.1. The highest BCUT2D eigenvalue weighted by molar-refractivity contribution is 6.31. The molecule has 0 radical (unpaired) electrons. The van der Waals surface area contributed by atoms with E-state index in [9.17, 15) is 9.59 Å². The van der Waals surface area contributed by atoms with Crippen molar-refractivity contribution in [2.24, 2.45) is 0 Å². The van der Waals surface area contributed by atoms with Crippen LogP contribution in [0.5, 0.6) is 5.75 Å². The van der Waals surface area contributed by atoms with Crippen LogP contribution in [0, 0.1) is 0 Å². The second-order valence-electron chi connectivity index (χ2n) is 6.50. The first-order valence-electron chi connectivity index (χ1n) is 8.71. The topological polar surface area (TPSA) is 53.1 Å². The maximum atomic E-state index is 12.8. The van der Waals surface area contributed by atoms with Gasteiger partial charge in [0.1, 0.15) is 5.75 Å². The number of hydrogen-bond acceptors (Lipinski definition) is 4. The fourth-order valence-corrected chi connectivity index (χ4v) is 3.56. The molecule has 1 aromatic carbocycles. The van der Waals surface area contributed by atoms with Gasteiger partial charge in [-0.05, 0) is 31.0 Å². The maximum Gasteiger partial charge on any atom is 0.257 e. The van der Waals surface area contributed by atoms with Crippen LogP contribution in [0.25, 0.3) is 0 Å². The van der Waals surface area contributed by atoms with Crippen molar-refractivity contribution in [3.8, 4) is 5.75 Å². The molecule has 2 fully saturated rings. The van der Waals surface area contributed by atoms with Crippen LogP contribution in [0.3, 0.4) is 0 Å². The molecule has 136 valence electrons. The van der Waals surface area contributed by atoms with Gasteiger partial charge in [0.05, 0.1) is 19.2 Å². The van der Waals surface area contributed by atoms with Gasteiger partial charge in [0.25, 0.3) is 5.91 Å². The zero-order chi connectivity index (χ0) is 17.8. The van der Waals surface area contributed by atoms with Crippen molar-refractivity contribution in [3.63, 3.8) is 0 Å². The van der Waals surface area contributed by atoms with E-state index in [4.69, 9.17) is 16.3 Å². The fraction of sp³-hybridized carbons (Fsp3) is 0.556. The summed E-state index contributed by atoms with van der Waals surface area (Å²) in [5, 5.41) is 0.513. The molecule has 0 N–H and O–H groups in total. The summed E-state index contributed by atoms with van der Waals surface area (Å²) in [5.74, 6) is 0.652. The first kappa shape index (κ1) is 18.0. The van der Waals surface area contributed by atoms with E-state index in [-0.39, 0.29) is 11.8 Å². The van der Waals surface area contributed by atoms with Crippen LogP contribution in [-0.2, 0) is 4.79 Å². The standard InChI is InChI=1S/C18H24ClN3O3/c1-25-16-5-4-14(19)12-15(16)18(24)22-10-8-20(9-11-22)13-17(23)21-6-2-3-7-21/h4-5,12H,2-3,6-11,13H2,1H3. The Hall–Kier alpha value is -1.79. The smallest absolute Gasteiger partial charge is 0.257 e. The highest BCUT2D eigenvalue weighted by Gasteiger charge is 2.27. The van der Waals surface area contributed by atoms with E-state index in [1.165, 1.54) is 0 Å². The Morgan fingerprint density at radius 1 is 1.04 bits per heavy atom. The fourth-order valence-electron chi connectivity index (χ4n) is 3.38. The van der Waals surface area contributed by atoms with Crippen molar-refractivity contribution >= 4 is 23.4 Å². The Morgan fingerprint density at radius 3 is 2.36 bits per heavy atom. The summed E-state index contributed by atoms with van der Waals surface area (Å²) < 4.78 is 5.28. The number of methoxy groups -OCH3 is 1. The third-order valence-electron chi connectivity index (χ3n) is 4.87. The molecule has 25 heavy (non-hydrogen) atoms. The Bertz CT molecular complexity index is 638. The average molecular weight is 366 g/mol. The number of benzene rings is 1. The summed E-state index contributed by atoms with van der Waals surface area (Å²) in [5.41, 5.74) is 0.483. The lowest BCUT2D eigenvalue weighted by atomic mass is 10.1. The summed E-state index contributed by atoms with van der Waals surface area (Å²) >= 11 is 6.02. The molecule has 6 nitrogen and oxygen atoms in total. The van der Waals surface area contributed by atoms with Crippen molar-refractivity contribution < 1.29 is 14.3 Å². The summed E-state index contributed by atoms with van der Waals surface area (Å²) in [4.78, 5) is 30.9. The predicted molar refractivity (Wildman–Crippen MR) is 96.2 cm³/mol. The van der Waals surface area contributed by atoms with Crippen LogP contribution in [0.1, 0.15) is 23.2 Å². The lowest BCUT2D eigenvalue weighted by Crippen LogP contribution is -2.51. The molecule has 2 aliphatic heterocycles. The highest BCUT2D eigenvalue weighted by atomic mass is 35.5. The molecule has 7 heteroatoms. The number of hydrogen-bond donors (Lipinski definition) is 0. The molecular formula is C18H24ClN3O3. The molecule has 2 saturated heterocycles. The van der Waals surface area contributed by atoms with E-state index in [0.29, 0.717) is 49.1 Å². The zero-order valence-corrected chi connectivity index (χ0v) is 15.3. The van der Waals surface area contributed by atoms with E-state index < -0.39 is 0 Å². The number of ether oxygens (including phenoxy) is 1. The van der Waals surface area contributed by atoms with E-state index in [0.717, 1.165) is 25.9 Å². The van der Waals surface area contributed by atoms with Crippen LogP contribution in [0.15, 0.2) is 18.2 Å². The normalized spacial score (nSPS) is 18.5. The number of piperazine rings is 1.